The number of carboxylic acids is 1. The molecule has 3 rings (SSSR count). The van der Waals surface area contributed by atoms with E-state index in [1.165, 1.54) is 26.2 Å². The molecule has 1 heterocycles. The van der Waals surface area contributed by atoms with E-state index in [1.807, 2.05) is 0 Å². The van der Waals surface area contributed by atoms with Crippen molar-refractivity contribution in [1.29, 1.82) is 0 Å². The molecule has 26 heavy (non-hydrogen) atoms. The topological polar surface area (TPSA) is 140 Å². The van der Waals surface area contributed by atoms with Crippen LogP contribution in [0, 0.1) is 0 Å². The van der Waals surface area contributed by atoms with Crippen LogP contribution in [0.3, 0.4) is 0 Å². The Bertz CT molecular complexity index is 901. The zero-order chi connectivity index (χ0) is 19.1. The number of Topliss-reactive ketones (excluding diaryl/α,β-unsaturated/α-hetero) is 1. The molecule has 8 nitrogen and oxygen atoms in total. The van der Waals surface area contributed by atoms with Crippen molar-refractivity contribution in [3.63, 3.8) is 0 Å². The molecule has 0 aliphatic carbocycles. The summed E-state index contributed by atoms with van der Waals surface area (Å²) in [6, 6.07) is 11.4. The maximum absolute atomic E-state index is 12.4. The summed E-state index contributed by atoms with van der Waals surface area (Å²) in [5.41, 5.74) is 12.6. The van der Waals surface area contributed by atoms with Crippen LogP contribution in [0.2, 0.25) is 0 Å². The zero-order valence-electron chi connectivity index (χ0n) is 14.4. The number of carbonyl (C=O) groups excluding carboxylic acids is 1. The summed E-state index contributed by atoms with van der Waals surface area (Å²) in [6.45, 7) is 1.32. The molecular weight excluding hydrogens is 336 g/mol. The summed E-state index contributed by atoms with van der Waals surface area (Å²) in [7, 11) is 1.51. The van der Waals surface area contributed by atoms with Crippen molar-refractivity contribution < 1.29 is 19.4 Å². The molecule has 0 amide bonds. The molecule has 1 aliphatic rings. The zero-order valence-corrected chi connectivity index (χ0v) is 14.4. The van der Waals surface area contributed by atoms with Crippen molar-refractivity contribution >= 4 is 17.4 Å². The molecule has 0 aromatic heterocycles. The van der Waals surface area contributed by atoms with Gasteiger partial charge in [-0.1, -0.05) is 18.2 Å². The molecule has 7 N–H and O–H groups in total. The second kappa shape index (κ2) is 6.10. The second-order valence-electron chi connectivity index (χ2n) is 6.19. The first kappa shape index (κ1) is 17.9. The number of carboxylic acid groups (broad SMARTS) is 1. The third-order valence-electron chi connectivity index (χ3n) is 4.50. The van der Waals surface area contributed by atoms with Crippen molar-refractivity contribution in [2.75, 3.05) is 12.4 Å². The molecule has 1 aliphatic heterocycles. The van der Waals surface area contributed by atoms with Gasteiger partial charge in [-0.05, 0) is 31.2 Å². The van der Waals surface area contributed by atoms with E-state index in [2.05, 4.69) is 10.6 Å². The third kappa shape index (κ3) is 2.70. The number of hydrogen-bond donors (Lipinski definition) is 5. The first-order chi connectivity index (χ1) is 12.2. The molecule has 0 spiro atoms. The number of nitrogens with one attached hydrogen (secondary N) is 2. The SMILES string of the molecule is COc1ccccc1C1(N)Nc2ccc(C(=O)O)cc2C(N)(C(C)=O)N1. The van der Waals surface area contributed by atoms with Gasteiger partial charge in [0, 0.05) is 16.8 Å². The molecule has 2 atom stereocenters. The van der Waals surface area contributed by atoms with Crippen molar-refractivity contribution in [2.45, 2.75) is 18.4 Å². The Morgan fingerprint density at radius 2 is 1.81 bits per heavy atom. The van der Waals surface area contributed by atoms with Gasteiger partial charge in [-0.25, -0.2) is 10.1 Å². The number of nitrogens with two attached hydrogens (primary N) is 2. The van der Waals surface area contributed by atoms with Crippen LogP contribution in [0.1, 0.15) is 28.4 Å². The van der Waals surface area contributed by atoms with Crippen molar-refractivity contribution in [2.24, 2.45) is 11.5 Å². The van der Waals surface area contributed by atoms with E-state index >= 15 is 0 Å². The Morgan fingerprint density at radius 1 is 1.12 bits per heavy atom. The Labute approximate surface area is 150 Å². The summed E-state index contributed by atoms with van der Waals surface area (Å²) >= 11 is 0. The lowest BCUT2D eigenvalue weighted by molar-refractivity contribution is -0.124. The lowest BCUT2D eigenvalue weighted by atomic mass is 9.87. The highest BCUT2D eigenvalue weighted by Gasteiger charge is 2.48. The molecule has 2 unspecified atom stereocenters. The van der Waals surface area contributed by atoms with Gasteiger partial charge in [0.25, 0.3) is 0 Å². The van der Waals surface area contributed by atoms with E-state index in [0.29, 0.717) is 22.6 Å². The van der Waals surface area contributed by atoms with Crippen LogP contribution in [-0.4, -0.2) is 24.0 Å². The average Bonchev–Trinajstić information content (AvgIpc) is 2.61. The first-order valence-electron chi connectivity index (χ1n) is 7.89. The van der Waals surface area contributed by atoms with E-state index in [-0.39, 0.29) is 5.56 Å². The molecule has 2 aromatic rings. The maximum Gasteiger partial charge on any atom is 0.335 e. The Kier molecular flexibility index (Phi) is 4.19. The van der Waals surface area contributed by atoms with E-state index in [4.69, 9.17) is 16.2 Å². The van der Waals surface area contributed by atoms with Gasteiger partial charge >= 0.3 is 5.97 Å². The van der Waals surface area contributed by atoms with E-state index in [1.54, 1.807) is 30.3 Å². The second-order valence-corrected chi connectivity index (χ2v) is 6.19. The van der Waals surface area contributed by atoms with Crippen molar-refractivity contribution in [3.8, 4) is 5.75 Å². The Balaban J connectivity index is 2.20. The molecule has 0 saturated heterocycles. The minimum atomic E-state index is -1.68. The van der Waals surface area contributed by atoms with E-state index in [9.17, 15) is 14.7 Å². The number of rotatable bonds is 4. The standard InChI is InChI=1S/C18H20N4O4/c1-10(23)17(19)13-9-11(16(24)25)7-8-14(13)21-18(20,22-17)12-5-3-4-6-15(12)26-2/h3-9,21-22H,19-20H2,1-2H3,(H,24,25). The number of anilines is 1. The van der Waals surface area contributed by atoms with Gasteiger partial charge in [-0.3, -0.25) is 10.5 Å². The molecular formula is C18H20N4O4. The molecule has 136 valence electrons. The first-order valence-corrected chi connectivity index (χ1v) is 7.89. The van der Waals surface area contributed by atoms with Gasteiger partial charge in [-0.15, -0.1) is 0 Å². The van der Waals surface area contributed by atoms with Crippen LogP contribution >= 0.6 is 0 Å². The van der Waals surface area contributed by atoms with Crippen LogP contribution < -0.4 is 26.8 Å². The summed E-state index contributed by atoms with van der Waals surface area (Å²) in [4.78, 5) is 23.7. The molecule has 0 bridgehead atoms. The normalized spacial score (nSPS) is 24.3. The molecule has 8 heteroatoms. The minimum Gasteiger partial charge on any atom is -0.496 e. The monoisotopic (exact) mass is 356 g/mol. The molecule has 0 radical (unpaired) electrons. The molecule has 0 saturated carbocycles. The highest BCUT2D eigenvalue weighted by Crippen LogP contribution is 2.38. The van der Waals surface area contributed by atoms with Crippen molar-refractivity contribution in [3.05, 3.63) is 59.2 Å². The Morgan fingerprint density at radius 3 is 2.42 bits per heavy atom. The number of benzene rings is 2. The van der Waals surface area contributed by atoms with Crippen LogP contribution in [0.15, 0.2) is 42.5 Å². The quantitative estimate of drug-likeness (QED) is 0.544. The largest absolute Gasteiger partial charge is 0.496 e. The number of methoxy groups -OCH3 is 1. The predicted octanol–water partition coefficient (Wildman–Crippen LogP) is 0.878. The summed E-state index contributed by atoms with van der Waals surface area (Å²) in [6.07, 6.45) is 0. The summed E-state index contributed by atoms with van der Waals surface area (Å²) in [5.74, 6) is -2.43. The lowest BCUT2D eigenvalue weighted by Crippen LogP contribution is -2.72. The van der Waals surface area contributed by atoms with Gasteiger partial charge < -0.3 is 20.9 Å². The third-order valence-corrected chi connectivity index (χ3v) is 4.50. The number of carbonyl (C=O) groups is 2. The van der Waals surface area contributed by atoms with Crippen LogP contribution in [0.25, 0.3) is 0 Å². The fourth-order valence-corrected chi connectivity index (χ4v) is 3.12. The fraction of sp³-hybridized carbons (Fsp3) is 0.222. The lowest BCUT2D eigenvalue weighted by Gasteiger charge is -2.46. The minimum absolute atomic E-state index is 0.0187. The fourth-order valence-electron chi connectivity index (χ4n) is 3.12. The highest BCUT2D eigenvalue weighted by atomic mass is 16.5. The van der Waals surface area contributed by atoms with Gasteiger partial charge in [0.1, 0.15) is 5.75 Å². The van der Waals surface area contributed by atoms with E-state index in [0.717, 1.165) is 0 Å². The van der Waals surface area contributed by atoms with Crippen LogP contribution in [-0.2, 0) is 16.2 Å². The number of hydrogen-bond acceptors (Lipinski definition) is 7. The highest BCUT2D eigenvalue weighted by molar-refractivity contribution is 5.93. The Hall–Kier alpha value is -2.94. The van der Waals surface area contributed by atoms with Gasteiger partial charge in [0.15, 0.2) is 17.2 Å². The maximum atomic E-state index is 12.4. The molecule has 0 fully saturated rings. The van der Waals surface area contributed by atoms with Gasteiger partial charge in [0.2, 0.25) is 0 Å². The summed E-state index contributed by atoms with van der Waals surface area (Å²) in [5, 5.41) is 15.3. The van der Waals surface area contributed by atoms with Crippen LogP contribution in [0.4, 0.5) is 5.69 Å². The predicted molar refractivity (Wildman–Crippen MR) is 95.6 cm³/mol. The number of aromatic carboxylic acids is 1. The van der Waals surface area contributed by atoms with Gasteiger partial charge in [0.05, 0.1) is 12.7 Å². The number of fused-ring (bicyclic) bond motifs is 1. The average molecular weight is 356 g/mol. The number of ether oxygens (including phenoxy) is 1. The van der Waals surface area contributed by atoms with Crippen molar-refractivity contribution in [1.82, 2.24) is 5.32 Å². The number of para-hydroxylation sites is 1. The van der Waals surface area contributed by atoms with E-state index < -0.39 is 23.2 Å². The van der Waals surface area contributed by atoms with Gasteiger partial charge in [-0.2, -0.15) is 0 Å². The molecule has 2 aromatic carbocycles. The number of ketones is 1. The smallest absolute Gasteiger partial charge is 0.335 e. The summed E-state index contributed by atoms with van der Waals surface area (Å²) < 4.78 is 5.37. The van der Waals surface area contributed by atoms with Crippen LogP contribution in [0.5, 0.6) is 5.75 Å².